The van der Waals surface area contributed by atoms with E-state index in [-0.39, 0.29) is 5.91 Å². The Morgan fingerprint density at radius 2 is 1.88 bits per heavy atom. The normalized spacial score (nSPS) is 28.3. The number of nitrogens with one attached hydrogen (secondary N) is 2. The lowest BCUT2D eigenvalue weighted by atomic mass is 9.97. The van der Waals surface area contributed by atoms with Crippen LogP contribution in [0, 0.1) is 17.8 Å². The van der Waals surface area contributed by atoms with Gasteiger partial charge in [-0.05, 0) is 50.0 Å². The molecule has 0 saturated heterocycles. The van der Waals surface area contributed by atoms with E-state index in [2.05, 4.69) is 10.6 Å². The van der Waals surface area contributed by atoms with Crippen molar-refractivity contribution < 1.29 is 9.90 Å². The molecule has 0 spiro atoms. The minimum absolute atomic E-state index is 0.107. The quantitative estimate of drug-likeness (QED) is 0.607. The molecule has 2 rings (SSSR count). The van der Waals surface area contributed by atoms with Crippen molar-refractivity contribution >= 4 is 5.91 Å². The molecule has 0 bridgehead atoms. The first kappa shape index (κ1) is 12.8. The summed E-state index contributed by atoms with van der Waals surface area (Å²) in [7, 11) is 0. The molecule has 0 radical (unpaired) electrons. The monoisotopic (exact) mass is 240 g/mol. The fraction of sp³-hybridized carbons (Fsp3) is 0.923. The molecule has 0 aliphatic heterocycles. The number of hydrogen-bond acceptors (Lipinski definition) is 3. The Balaban J connectivity index is 1.53. The lowest BCUT2D eigenvalue weighted by Gasteiger charge is -2.17. The van der Waals surface area contributed by atoms with Crippen molar-refractivity contribution in [3.05, 3.63) is 0 Å². The number of carbonyl (C=O) groups excluding carboxylic acids is 1. The van der Waals surface area contributed by atoms with E-state index in [1.807, 2.05) is 0 Å². The Labute approximate surface area is 103 Å². The minimum Gasteiger partial charge on any atom is -0.396 e. The molecule has 17 heavy (non-hydrogen) atoms. The van der Waals surface area contributed by atoms with E-state index in [1.54, 1.807) is 0 Å². The number of hydrogen-bond donors (Lipinski definition) is 3. The number of carbonyl (C=O) groups is 1. The van der Waals surface area contributed by atoms with Crippen LogP contribution in [0.2, 0.25) is 0 Å². The smallest absolute Gasteiger partial charge is 0.233 e. The molecule has 98 valence electrons. The van der Waals surface area contributed by atoms with Crippen molar-refractivity contribution in [2.75, 3.05) is 26.2 Å². The molecule has 2 atom stereocenters. The Morgan fingerprint density at radius 1 is 1.12 bits per heavy atom. The Kier molecular flexibility index (Phi) is 4.80. The molecule has 0 aromatic carbocycles. The van der Waals surface area contributed by atoms with E-state index in [0.717, 1.165) is 25.4 Å². The molecule has 2 aliphatic carbocycles. The molecule has 2 fully saturated rings. The van der Waals surface area contributed by atoms with Gasteiger partial charge in [0, 0.05) is 13.2 Å². The zero-order valence-electron chi connectivity index (χ0n) is 10.5. The van der Waals surface area contributed by atoms with E-state index >= 15 is 0 Å². The largest absolute Gasteiger partial charge is 0.396 e. The molecule has 0 heterocycles. The summed E-state index contributed by atoms with van der Waals surface area (Å²) in [5, 5.41) is 15.3. The number of aliphatic hydroxyl groups is 1. The highest BCUT2D eigenvalue weighted by Gasteiger charge is 2.26. The van der Waals surface area contributed by atoms with Crippen LogP contribution in [0.5, 0.6) is 0 Å². The van der Waals surface area contributed by atoms with Gasteiger partial charge in [0.15, 0.2) is 0 Å². The van der Waals surface area contributed by atoms with Gasteiger partial charge in [0.2, 0.25) is 5.91 Å². The van der Waals surface area contributed by atoms with Gasteiger partial charge in [-0.25, -0.2) is 0 Å². The van der Waals surface area contributed by atoms with E-state index in [9.17, 15) is 9.90 Å². The molecule has 4 heteroatoms. The van der Waals surface area contributed by atoms with Crippen LogP contribution in [-0.4, -0.2) is 37.3 Å². The first-order valence-electron chi connectivity index (χ1n) is 6.88. The molecule has 0 aromatic rings. The highest BCUT2D eigenvalue weighted by molar-refractivity contribution is 5.77. The first-order chi connectivity index (χ1) is 8.29. The topological polar surface area (TPSA) is 61.4 Å². The van der Waals surface area contributed by atoms with Crippen LogP contribution in [0.1, 0.15) is 32.1 Å². The molecule has 1 amide bonds. The fourth-order valence-electron chi connectivity index (χ4n) is 2.64. The maximum Gasteiger partial charge on any atom is 0.233 e. The molecule has 2 aliphatic rings. The number of amides is 1. The molecule has 2 saturated carbocycles. The summed E-state index contributed by atoms with van der Waals surface area (Å²) in [6.45, 7) is 2.42. The molecular weight excluding hydrogens is 216 g/mol. The van der Waals surface area contributed by atoms with Crippen molar-refractivity contribution in [1.82, 2.24) is 10.6 Å². The Morgan fingerprint density at radius 3 is 2.59 bits per heavy atom. The van der Waals surface area contributed by atoms with Crippen molar-refractivity contribution in [1.29, 1.82) is 0 Å². The maximum atomic E-state index is 11.5. The average Bonchev–Trinajstić information content (AvgIpc) is 3.05. The SMILES string of the molecule is O=C(CNCC1CCCC1CO)NCC1CC1. The van der Waals surface area contributed by atoms with Crippen LogP contribution in [0.15, 0.2) is 0 Å². The van der Waals surface area contributed by atoms with Gasteiger partial charge in [-0.15, -0.1) is 0 Å². The first-order valence-corrected chi connectivity index (χ1v) is 6.88. The molecular formula is C13H24N2O2. The van der Waals surface area contributed by atoms with Crippen LogP contribution in [0.4, 0.5) is 0 Å². The van der Waals surface area contributed by atoms with Crippen LogP contribution in [0.3, 0.4) is 0 Å². The Bertz CT molecular complexity index is 254. The maximum absolute atomic E-state index is 11.5. The lowest BCUT2D eigenvalue weighted by Crippen LogP contribution is -2.37. The third kappa shape index (κ3) is 4.28. The summed E-state index contributed by atoms with van der Waals surface area (Å²) in [6, 6.07) is 0. The molecule has 4 nitrogen and oxygen atoms in total. The number of rotatable bonds is 7. The fourth-order valence-corrected chi connectivity index (χ4v) is 2.64. The van der Waals surface area contributed by atoms with Crippen molar-refractivity contribution in [3.8, 4) is 0 Å². The van der Waals surface area contributed by atoms with Crippen LogP contribution < -0.4 is 10.6 Å². The predicted octanol–water partition coefficient (Wildman–Crippen LogP) is 0.511. The summed E-state index contributed by atoms with van der Waals surface area (Å²) in [5.41, 5.74) is 0. The second kappa shape index (κ2) is 6.36. The summed E-state index contributed by atoms with van der Waals surface area (Å²) >= 11 is 0. The highest BCUT2D eigenvalue weighted by atomic mass is 16.3. The van der Waals surface area contributed by atoms with E-state index in [4.69, 9.17) is 0 Å². The Hall–Kier alpha value is -0.610. The second-order valence-electron chi connectivity index (χ2n) is 5.51. The van der Waals surface area contributed by atoms with Gasteiger partial charge in [0.25, 0.3) is 0 Å². The van der Waals surface area contributed by atoms with Gasteiger partial charge < -0.3 is 15.7 Å². The summed E-state index contributed by atoms with van der Waals surface area (Å²) in [6.07, 6.45) is 6.08. The predicted molar refractivity (Wildman–Crippen MR) is 66.5 cm³/mol. The van der Waals surface area contributed by atoms with Crippen LogP contribution in [0.25, 0.3) is 0 Å². The minimum atomic E-state index is 0.107. The van der Waals surface area contributed by atoms with Gasteiger partial charge in [-0.1, -0.05) is 6.42 Å². The summed E-state index contributed by atoms with van der Waals surface area (Å²) in [5.74, 6) is 1.84. The van der Waals surface area contributed by atoms with Gasteiger partial charge in [0.1, 0.15) is 0 Å². The average molecular weight is 240 g/mol. The standard InChI is InChI=1S/C13H24N2O2/c16-9-12-3-1-2-11(12)7-14-8-13(17)15-6-10-4-5-10/h10-12,14,16H,1-9H2,(H,15,17). The molecule has 3 N–H and O–H groups in total. The van der Waals surface area contributed by atoms with Gasteiger partial charge >= 0.3 is 0 Å². The summed E-state index contributed by atoms with van der Waals surface area (Å²) < 4.78 is 0. The van der Waals surface area contributed by atoms with Crippen LogP contribution >= 0.6 is 0 Å². The second-order valence-corrected chi connectivity index (χ2v) is 5.51. The van der Waals surface area contributed by atoms with E-state index in [0.29, 0.717) is 25.0 Å². The highest BCUT2D eigenvalue weighted by Crippen LogP contribution is 2.30. The van der Waals surface area contributed by atoms with Gasteiger partial charge in [0.05, 0.1) is 6.54 Å². The number of aliphatic hydroxyl groups excluding tert-OH is 1. The van der Waals surface area contributed by atoms with Gasteiger partial charge in [-0.2, -0.15) is 0 Å². The third-order valence-corrected chi connectivity index (χ3v) is 4.03. The zero-order valence-corrected chi connectivity index (χ0v) is 10.5. The third-order valence-electron chi connectivity index (χ3n) is 4.03. The van der Waals surface area contributed by atoms with Crippen molar-refractivity contribution in [2.45, 2.75) is 32.1 Å². The van der Waals surface area contributed by atoms with Gasteiger partial charge in [-0.3, -0.25) is 4.79 Å². The van der Waals surface area contributed by atoms with Crippen molar-refractivity contribution in [3.63, 3.8) is 0 Å². The van der Waals surface area contributed by atoms with Crippen LogP contribution in [-0.2, 0) is 4.79 Å². The van der Waals surface area contributed by atoms with E-state index < -0.39 is 0 Å². The molecule has 2 unspecified atom stereocenters. The summed E-state index contributed by atoms with van der Waals surface area (Å²) in [4.78, 5) is 11.5. The lowest BCUT2D eigenvalue weighted by molar-refractivity contribution is -0.120. The van der Waals surface area contributed by atoms with E-state index in [1.165, 1.54) is 25.7 Å². The van der Waals surface area contributed by atoms with Crippen molar-refractivity contribution in [2.24, 2.45) is 17.8 Å². The zero-order chi connectivity index (χ0) is 12.1. The molecule has 0 aromatic heterocycles.